The van der Waals surface area contributed by atoms with Crippen LogP contribution in [0.25, 0.3) is 11.3 Å². The molecule has 0 aliphatic heterocycles. The fourth-order valence-electron chi connectivity index (χ4n) is 2.12. The van der Waals surface area contributed by atoms with Gasteiger partial charge < -0.3 is 9.94 Å². The van der Waals surface area contributed by atoms with E-state index in [2.05, 4.69) is 0 Å². The fourth-order valence-corrected chi connectivity index (χ4v) is 2.12. The molecule has 0 atom stereocenters. The third kappa shape index (κ3) is 3.20. The fraction of sp³-hybridized carbons (Fsp3) is 0.0556. The maximum atomic E-state index is 11.9. The standard InChI is InChI=1S/C18H15NO2/c20-19-12-11-17(21-14-15-7-3-1-4-8-15)13-18(19)16-9-5-2-6-10-16/h1-13H,14H2. The van der Waals surface area contributed by atoms with Crippen LogP contribution in [0, 0.1) is 5.21 Å². The zero-order valence-corrected chi connectivity index (χ0v) is 11.5. The molecular formula is C18H15NO2. The normalized spacial score (nSPS) is 10.3. The Hall–Kier alpha value is -2.81. The second-order valence-corrected chi connectivity index (χ2v) is 4.71. The Morgan fingerprint density at radius 2 is 1.52 bits per heavy atom. The molecule has 0 amide bonds. The molecule has 0 fully saturated rings. The van der Waals surface area contributed by atoms with Crippen LogP contribution in [0.1, 0.15) is 5.56 Å². The topological polar surface area (TPSA) is 36.2 Å². The lowest BCUT2D eigenvalue weighted by Gasteiger charge is -2.09. The second kappa shape index (κ2) is 6.09. The molecule has 3 nitrogen and oxygen atoms in total. The van der Waals surface area contributed by atoms with Crippen LogP contribution < -0.4 is 9.47 Å². The van der Waals surface area contributed by atoms with Crippen LogP contribution in [0.15, 0.2) is 79.0 Å². The summed E-state index contributed by atoms with van der Waals surface area (Å²) in [5.41, 5.74) is 2.55. The van der Waals surface area contributed by atoms with Crippen molar-refractivity contribution in [2.45, 2.75) is 6.61 Å². The van der Waals surface area contributed by atoms with Gasteiger partial charge in [0.25, 0.3) is 0 Å². The molecule has 1 aromatic heterocycles. The van der Waals surface area contributed by atoms with Crippen LogP contribution in [0.4, 0.5) is 0 Å². The molecule has 3 aromatic rings. The highest BCUT2D eigenvalue weighted by Gasteiger charge is 2.10. The maximum absolute atomic E-state index is 11.9. The summed E-state index contributed by atoms with van der Waals surface area (Å²) in [4.78, 5) is 0. The molecule has 2 aromatic carbocycles. The van der Waals surface area contributed by atoms with Crippen molar-refractivity contribution < 1.29 is 9.47 Å². The van der Waals surface area contributed by atoms with E-state index in [0.29, 0.717) is 18.1 Å². The Balaban J connectivity index is 1.81. The van der Waals surface area contributed by atoms with Gasteiger partial charge in [-0.3, -0.25) is 0 Å². The number of ether oxygens (including phenoxy) is 1. The largest absolute Gasteiger partial charge is 0.618 e. The van der Waals surface area contributed by atoms with Crippen LogP contribution in [0.2, 0.25) is 0 Å². The third-order valence-electron chi connectivity index (χ3n) is 3.21. The summed E-state index contributed by atoms with van der Waals surface area (Å²) in [5, 5.41) is 11.9. The smallest absolute Gasteiger partial charge is 0.227 e. The lowest BCUT2D eigenvalue weighted by Crippen LogP contribution is -2.28. The average molecular weight is 277 g/mol. The van der Waals surface area contributed by atoms with E-state index in [1.165, 1.54) is 6.20 Å². The van der Waals surface area contributed by atoms with Gasteiger partial charge in [0.15, 0.2) is 6.20 Å². The van der Waals surface area contributed by atoms with E-state index < -0.39 is 0 Å². The molecule has 1 heterocycles. The first kappa shape index (κ1) is 13.2. The van der Waals surface area contributed by atoms with E-state index in [0.717, 1.165) is 15.9 Å². The van der Waals surface area contributed by atoms with Crippen molar-refractivity contribution in [3.63, 3.8) is 0 Å². The first-order valence-electron chi connectivity index (χ1n) is 6.78. The van der Waals surface area contributed by atoms with Crippen molar-refractivity contribution in [2.24, 2.45) is 0 Å². The molecule has 0 saturated carbocycles. The van der Waals surface area contributed by atoms with E-state index in [1.54, 1.807) is 12.1 Å². The van der Waals surface area contributed by atoms with Crippen LogP contribution in [0.5, 0.6) is 5.75 Å². The van der Waals surface area contributed by atoms with Gasteiger partial charge in [-0.1, -0.05) is 48.5 Å². The van der Waals surface area contributed by atoms with Crippen LogP contribution in [-0.2, 0) is 6.61 Å². The monoisotopic (exact) mass is 277 g/mol. The lowest BCUT2D eigenvalue weighted by atomic mass is 10.1. The molecule has 0 spiro atoms. The molecule has 0 unspecified atom stereocenters. The Kier molecular flexibility index (Phi) is 3.83. The van der Waals surface area contributed by atoms with Crippen LogP contribution >= 0.6 is 0 Å². The van der Waals surface area contributed by atoms with Crippen LogP contribution in [0.3, 0.4) is 0 Å². The van der Waals surface area contributed by atoms with Gasteiger partial charge >= 0.3 is 0 Å². The number of aromatic nitrogens is 1. The highest BCUT2D eigenvalue weighted by Crippen LogP contribution is 2.20. The Bertz CT molecular complexity index is 712. The summed E-state index contributed by atoms with van der Waals surface area (Å²) in [6, 6.07) is 23.0. The highest BCUT2D eigenvalue weighted by molar-refractivity contribution is 5.57. The molecular weight excluding hydrogens is 262 g/mol. The summed E-state index contributed by atoms with van der Waals surface area (Å²) in [6.45, 7) is 0.484. The van der Waals surface area contributed by atoms with E-state index in [9.17, 15) is 5.21 Å². The van der Waals surface area contributed by atoms with Crippen molar-refractivity contribution in [1.82, 2.24) is 0 Å². The Labute approximate surface area is 123 Å². The summed E-state index contributed by atoms with van der Waals surface area (Å²) in [7, 11) is 0. The molecule has 3 rings (SSSR count). The third-order valence-corrected chi connectivity index (χ3v) is 3.21. The predicted molar refractivity (Wildman–Crippen MR) is 81.6 cm³/mol. The molecule has 0 bridgehead atoms. The van der Waals surface area contributed by atoms with Gasteiger partial charge in [-0.25, -0.2) is 0 Å². The molecule has 0 saturated heterocycles. The van der Waals surface area contributed by atoms with Gasteiger partial charge in [0, 0.05) is 11.6 Å². The molecule has 0 radical (unpaired) electrons. The number of hydrogen-bond donors (Lipinski definition) is 0. The van der Waals surface area contributed by atoms with Crippen molar-refractivity contribution in [1.29, 1.82) is 0 Å². The molecule has 0 aliphatic carbocycles. The quantitative estimate of drug-likeness (QED) is 0.540. The number of benzene rings is 2. The average Bonchev–Trinajstić information content (AvgIpc) is 2.56. The first-order chi connectivity index (χ1) is 10.3. The minimum atomic E-state index is 0.484. The minimum Gasteiger partial charge on any atom is -0.618 e. The number of hydrogen-bond acceptors (Lipinski definition) is 2. The van der Waals surface area contributed by atoms with Crippen LogP contribution in [-0.4, -0.2) is 0 Å². The molecule has 0 aliphatic rings. The van der Waals surface area contributed by atoms with E-state index >= 15 is 0 Å². The summed E-state index contributed by atoms with van der Waals surface area (Å²) < 4.78 is 6.61. The van der Waals surface area contributed by atoms with E-state index in [4.69, 9.17) is 4.74 Å². The van der Waals surface area contributed by atoms with Gasteiger partial charge in [0.1, 0.15) is 12.4 Å². The van der Waals surface area contributed by atoms with Gasteiger partial charge in [0.05, 0.1) is 6.07 Å². The summed E-state index contributed by atoms with van der Waals surface area (Å²) in [6.07, 6.45) is 1.47. The minimum absolute atomic E-state index is 0.484. The Morgan fingerprint density at radius 1 is 0.857 bits per heavy atom. The zero-order valence-electron chi connectivity index (χ0n) is 11.5. The van der Waals surface area contributed by atoms with E-state index in [1.807, 2.05) is 60.7 Å². The Morgan fingerprint density at radius 3 is 2.24 bits per heavy atom. The van der Waals surface area contributed by atoms with Gasteiger partial charge in [0.2, 0.25) is 5.69 Å². The summed E-state index contributed by atoms with van der Waals surface area (Å²) in [5.74, 6) is 0.685. The first-order valence-corrected chi connectivity index (χ1v) is 6.78. The SMILES string of the molecule is [O-][n+]1ccc(OCc2ccccc2)cc1-c1ccccc1. The molecule has 104 valence electrons. The maximum Gasteiger partial charge on any atom is 0.227 e. The van der Waals surface area contributed by atoms with Crippen molar-refractivity contribution >= 4 is 0 Å². The van der Waals surface area contributed by atoms with Gasteiger partial charge in [-0.05, 0) is 17.7 Å². The van der Waals surface area contributed by atoms with Gasteiger partial charge in [-0.2, -0.15) is 4.73 Å². The summed E-state index contributed by atoms with van der Waals surface area (Å²) >= 11 is 0. The zero-order chi connectivity index (χ0) is 14.5. The van der Waals surface area contributed by atoms with E-state index in [-0.39, 0.29) is 0 Å². The highest BCUT2D eigenvalue weighted by atomic mass is 16.5. The van der Waals surface area contributed by atoms with Gasteiger partial charge in [-0.15, -0.1) is 0 Å². The number of rotatable bonds is 4. The molecule has 21 heavy (non-hydrogen) atoms. The van der Waals surface area contributed by atoms with Crippen molar-refractivity contribution in [2.75, 3.05) is 0 Å². The van der Waals surface area contributed by atoms with Crippen molar-refractivity contribution in [3.8, 4) is 17.0 Å². The predicted octanol–water partition coefficient (Wildman–Crippen LogP) is 3.57. The lowest BCUT2D eigenvalue weighted by molar-refractivity contribution is -0.593. The number of pyridine rings is 1. The van der Waals surface area contributed by atoms with Crippen molar-refractivity contribution in [3.05, 3.63) is 89.8 Å². The molecule has 0 N–H and O–H groups in total. The second-order valence-electron chi connectivity index (χ2n) is 4.71. The number of nitrogens with zero attached hydrogens (tertiary/aromatic N) is 1. The molecule has 3 heteroatoms.